The number of aryl methyl sites for hydroxylation is 2. The number of carbonyl (C=O) groups excluding carboxylic acids is 1. The molecule has 2 aromatic rings. The quantitative estimate of drug-likeness (QED) is 0.761. The molecule has 1 saturated heterocycles. The molecule has 1 aromatic heterocycles. The monoisotopic (exact) mass is 410 g/mol. The summed E-state index contributed by atoms with van der Waals surface area (Å²) < 4.78 is 47.5. The number of aromatic nitrogens is 2. The summed E-state index contributed by atoms with van der Waals surface area (Å²) in [6, 6.07) is 4.04. The van der Waals surface area contributed by atoms with Gasteiger partial charge < -0.3 is 14.2 Å². The first-order valence-electron chi connectivity index (χ1n) is 8.87. The molecular formula is C18H23FN4O4S. The van der Waals surface area contributed by atoms with Gasteiger partial charge in [-0.3, -0.25) is 4.79 Å². The zero-order valence-corrected chi connectivity index (χ0v) is 16.9. The minimum atomic E-state index is -3.73. The summed E-state index contributed by atoms with van der Waals surface area (Å²) in [6.07, 6.45) is 1.97. The molecule has 0 bridgehead atoms. The second-order valence-corrected chi connectivity index (χ2v) is 8.52. The van der Waals surface area contributed by atoms with Gasteiger partial charge in [-0.2, -0.15) is 4.31 Å². The van der Waals surface area contributed by atoms with Gasteiger partial charge in [-0.05, 0) is 31.5 Å². The number of methoxy groups -OCH3 is 1. The van der Waals surface area contributed by atoms with Gasteiger partial charge in [0, 0.05) is 45.0 Å². The first-order valence-corrected chi connectivity index (χ1v) is 10.3. The number of hydrogen-bond donors (Lipinski definition) is 0. The Morgan fingerprint density at radius 2 is 1.96 bits per heavy atom. The molecule has 1 amide bonds. The van der Waals surface area contributed by atoms with Crippen LogP contribution in [0.3, 0.4) is 0 Å². The van der Waals surface area contributed by atoms with Crippen LogP contribution in [-0.4, -0.2) is 66.4 Å². The molecule has 10 heteroatoms. The van der Waals surface area contributed by atoms with E-state index in [1.807, 2.05) is 0 Å². The minimum absolute atomic E-state index is 0.00417. The van der Waals surface area contributed by atoms with Crippen molar-refractivity contribution in [3.05, 3.63) is 41.6 Å². The lowest BCUT2D eigenvalue weighted by Gasteiger charge is -2.21. The van der Waals surface area contributed by atoms with Crippen LogP contribution in [0, 0.1) is 12.7 Å². The van der Waals surface area contributed by atoms with Crippen molar-refractivity contribution in [1.29, 1.82) is 0 Å². The lowest BCUT2D eigenvalue weighted by molar-refractivity contribution is 0.0763. The van der Waals surface area contributed by atoms with E-state index in [-0.39, 0.29) is 35.3 Å². The minimum Gasteiger partial charge on any atom is -0.494 e. The van der Waals surface area contributed by atoms with E-state index in [4.69, 9.17) is 4.74 Å². The molecule has 0 atom stereocenters. The highest BCUT2D eigenvalue weighted by molar-refractivity contribution is 7.89. The number of sulfonamides is 1. The normalized spacial score (nSPS) is 16.1. The van der Waals surface area contributed by atoms with E-state index in [0.717, 1.165) is 6.07 Å². The van der Waals surface area contributed by atoms with E-state index in [1.54, 1.807) is 23.4 Å². The maximum Gasteiger partial charge on any atom is 0.262 e. The largest absolute Gasteiger partial charge is 0.494 e. The number of carbonyl (C=O) groups is 1. The fraction of sp³-hybridized carbons (Fsp3) is 0.444. The van der Waals surface area contributed by atoms with Crippen molar-refractivity contribution in [3.63, 3.8) is 0 Å². The average Bonchev–Trinajstić information content (AvgIpc) is 2.87. The summed E-state index contributed by atoms with van der Waals surface area (Å²) >= 11 is 0. The zero-order valence-electron chi connectivity index (χ0n) is 16.1. The molecule has 0 saturated carbocycles. The van der Waals surface area contributed by atoms with Gasteiger partial charge in [-0.15, -0.1) is 0 Å². The highest BCUT2D eigenvalue weighted by Crippen LogP contribution is 2.21. The third-order valence-corrected chi connectivity index (χ3v) is 6.60. The molecule has 3 rings (SSSR count). The Labute approximate surface area is 163 Å². The summed E-state index contributed by atoms with van der Waals surface area (Å²) in [5, 5.41) is 0.00417. The molecule has 0 N–H and O–H groups in total. The van der Waals surface area contributed by atoms with Gasteiger partial charge in [-0.25, -0.2) is 17.8 Å². The number of nitrogens with zero attached hydrogens (tertiary/aromatic N) is 4. The Morgan fingerprint density at radius 1 is 1.21 bits per heavy atom. The van der Waals surface area contributed by atoms with Gasteiger partial charge in [-0.1, -0.05) is 0 Å². The number of ether oxygens (including phenoxy) is 1. The summed E-state index contributed by atoms with van der Waals surface area (Å²) in [5.74, 6) is -0.283. The Kier molecular flexibility index (Phi) is 5.71. The maximum absolute atomic E-state index is 13.9. The van der Waals surface area contributed by atoms with E-state index in [1.165, 1.54) is 29.7 Å². The molecule has 2 heterocycles. The van der Waals surface area contributed by atoms with E-state index in [2.05, 4.69) is 4.98 Å². The van der Waals surface area contributed by atoms with Crippen molar-refractivity contribution in [2.75, 3.05) is 33.3 Å². The van der Waals surface area contributed by atoms with Crippen LogP contribution in [0.4, 0.5) is 4.39 Å². The molecule has 1 aromatic carbocycles. The van der Waals surface area contributed by atoms with Gasteiger partial charge in [0.05, 0.1) is 7.11 Å². The Bertz CT molecular complexity index is 970. The first kappa shape index (κ1) is 20.3. The molecule has 1 aliphatic rings. The molecule has 0 unspecified atom stereocenters. The number of rotatable bonds is 4. The van der Waals surface area contributed by atoms with Crippen LogP contribution in [0.1, 0.15) is 22.6 Å². The van der Waals surface area contributed by atoms with Crippen LogP contribution < -0.4 is 4.74 Å². The van der Waals surface area contributed by atoms with E-state index >= 15 is 0 Å². The van der Waals surface area contributed by atoms with E-state index in [0.29, 0.717) is 25.3 Å². The summed E-state index contributed by atoms with van der Waals surface area (Å²) in [7, 11) is -0.641. The smallest absolute Gasteiger partial charge is 0.262 e. The Morgan fingerprint density at radius 3 is 2.57 bits per heavy atom. The van der Waals surface area contributed by atoms with Gasteiger partial charge in [0.25, 0.3) is 15.9 Å². The van der Waals surface area contributed by atoms with Crippen LogP contribution in [0.15, 0.2) is 29.4 Å². The Hall–Kier alpha value is -2.46. The van der Waals surface area contributed by atoms with Crippen molar-refractivity contribution < 1.29 is 22.3 Å². The first-order chi connectivity index (χ1) is 13.2. The maximum atomic E-state index is 13.9. The number of hydrogen-bond acceptors (Lipinski definition) is 5. The summed E-state index contributed by atoms with van der Waals surface area (Å²) in [5.41, 5.74) is 0.204. The van der Waals surface area contributed by atoms with Crippen LogP contribution in [0.25, 0.3) is 0 Å². The Balaban J connectivity index is 1.74. The number of amides is 1. The van der Waals surface area contributed by atoms with Crippen LogP contribution >= 0.6 is 0 Å². The van der Waals surface area contributed by atoms with Crippen molar-refractivity contribution in [2.45, 2.75) is 18.4 Å². The predicted molar refractivity (Wildman–Crippen MR) is 100 cm³/mol. The molecule has 1 aliphatic heterocycles. The van der Waals surface area contributed by atoms with Crippen molar-refractivity contribution in [1.82, 2.24) is 18.8 Å². The second kappa shape index (κ2) is 7.88. The third-order valence-electron chi connectivity index (χ3n) is 4.83. The third kappa shape index (κ3) is 3.88. The molecular weight excluding hydrogens is 387 g/mol. The van der Waals surface area contributed by atoms with Gasteiger partial charge in [0.2, 0.25) is 0 Å². The van der Waals surface area contributed by atoms with Gasteiger partial charge in [0.15, 0.2) is 16.6 Å². The highest BCUT2D eigenvalue weighted by Gasteiger charge is 2.30. The lowest BCUT2D eigenvalue weighted by atomic mass is 10.1. The topological polar surface area (TPSA) is 84.7 Å². The molecule has 1 fully saturated rings. The highest BCUT2D eigenvalue weighted by atomic mass is 32.2. The molecule has 0 spiro atoms. The molecule has 28 heavy (non-hydrogen) atoms. The average molecular weight is 410 g/mol. The van der Waals surface area contributed by atoms with Gasteiger partial charge >= 0.3 is 0 Å². The zero-order chi connectivity index (χ0) is 20.5. The summed E-state index contributed by atoms with van der Waals surface area (Å²) in [4.78, 5) is 18.4. The van der Waals surface area contributed by atoms with Crippen LogP contribution in [-0.2, 0) is 17.1 Å². The van der Waals surface area contributed by atoms with E-state index in [9.17, 15) is 17.6 Å². The second-order valence-electron chi connectivity index (χ2n) is 6.64. The molecule has 0 radical (unpaired) electrons. The fourth-order valence-corrected chi connectivity index (χ4v) is 4.60. The van der Waals surface area contributed by atoms with Crippen LogP contribution in [0.5, 0.6) is 5.75 Å². The molecule has 152 valence electrons. The number of imidazole rings is 1. The van der Waals surface area contributed by atoms with Crippen LogP contribution in [0.2, 0.25) is 0 Å². The SMILES string of the molecule is COc1ccc(C(=O)N2CCCN(S(=O)(=O)c3cn(C)c(C)n3)CC2)cc1F. The summed E-state index contributed by atoms with van der Waals surface area (Å²) in [6.45, 7) is 2.79. The van der Waals surface area contributed by atoms with E-state index < -0.39 is 15.8 Å². The van der Waals surface area contributed by atoms with Crippen molar-refractivity contribution in [3.8, 4) is 5.75 Å². The molecule has 8 nitrogen and oxygen atoms in total. The fourth-order valence-electron chi connectivity index (χ4n) is 3.10. The number of halogens is 1. The van der Waals surface area contributed by atoms with Crippen molar-refractivity contribution >= 4 is 15.9 Å². The number of benzene rings is 1. The standard InChI is InChI=1S/C18H23FN4O4S/c1-13-20-17(12-21(13)2)28(25,26)23-8-4-7-22(9-10-23)18(24)14-5-6-16(27-3)15(19)11-14/h5-6,11-12H,4,7-10H2,1-3H3. The van der Waals surface area contributed by atoms with Gasteiger partial charge in [0.1, 0.15) is 5.82 Å². The predicted octanol–water partition coefficient (Wildman–Crippen LogP) is 1.41. The van der Waals surface area contributed by atoms with Crippen molar-refractivity contribution in [2.24, 2.45) is 7.05 Å². The molecule has 0 aliphatic carbocycles. The lowest BCUT2D eigenvalue weighted by Crippen LogP contribution is -2.37.